The van der Waals surface area contributed by atoms with E-state index in [1.54, 1.807) is 35.2 Å². The van der Waals surface area contributed by atoms with E-state index in [0.29, 0.717) is 36.1 Å². The van der Waals surface area contributed by atoms with Gasteiger partial charge in [-0.2, -0.15) is 17.9 Å². The second kappa shape index (κ2) is 10.2. The number of aliphatic carboxylic acids is 1. The van der Waals surface area contributed by atoms with Gasteiger partial charge in [-0.1, -0.05) is 35.5 Å². The van der Waals surface area contributed by atoms with E-state index in [2.05, 4.69) is 14.4 Å². The highest BCUT2D eigenvalue weighted by atomic mass is 32.2. The van der Waals surface area contributed by atoms with Crippen LogP contribution in [-0.4, -0.2) is 60.9 Å². The number of rotatable bonds is 8. The van der Waals surface area contributed by atoms with E-state index < -0.39 is 45.0 Å². The molecule has 15 heteroatoms. The highest BCUT2D eigenvalue weighted by molar-refractivity contribution is 7.91. The molecule has 1 aromatic carbocycles. The summed E-state index contributed by atoms with van der Waals surface area (Å²) in [5.74, 6) is -2.80. The van der Waals surface area contributed by atoms with E-state index in [1.807, 2.05) is 0 Å². The number of nitrogens with zero attached hydrogens (tertiary/aromatic N) is 2. The summed E-state index contributed by atoms with van der Waals surface area (Å²) in [7, 11) is -4.49. The van der Waals surface area contributed by atoms with Crippen LogP contribution < -0.4 is 4.72 Å². The molecule has 2 aliphatic rings. The number of carbonyl (C=O) groups is 2. The van der Waals surface area contributed by atoms with Crippen LogP contribution in [0, 0.1) is 0 Å². The lowest BCUT2D eigenvalue weighted by atomic mass is 9.91. The quantitative estimate of drug-likeness (QED) is 0.386. The Morgan fingerprint density at radius 3 is 2.45 bits per heavy atom. The number of sulfonamides is 1. The summed E-state index contributed by atoms with van der Waals surface area (Å²) in [5.41, 5.74) is -3.19. The number of thiophene rings is 1. The first-order valence-electron chi connectivity index (χ1n) is 12.3. The van der Waals surface area contributed by atoms with Gasteiger partial charge in [0.25, 0.3) is 10.0 Å². The third kappa shape index (κ3) is 5.08. The topological polar surface area (TPSA) is 139 Å². The zero-order valence-electron chi connectivity index (χ0n) is 20.8. The van der Waals surface area contributed by atoms with Crippen LogP contribution >= 0.6 is 11.3 Å². The van der Waals surface area contributed by atoms with Gasteiger partial charge in [-0.15, -0.1) is 11.3 Å². The number of ether oxygens (including phenoxy) is 1. The SMILES string of the molecule is O=C(OCC1(c2ccccc2)CC1(NS(=O)(=O)c1ccc(-c2cc(C(F)(F)F)on2)s1)C(=O)O)N1CCCCC1. The number of alkyl halides is 3. The lowest BCUT2D eigenvalue weighted by molar-refractivity contribution is -0.155. The van der Waals surface area contributed by atoms with Crippen molar-refractivity contribution in [2.75, 3.05) is 19.7 Å². The molecule has 0 spiro atoms. The highest BCUT2D eigenvalue weighted by Crippen LogP contribution is 2.59. The van der Waals surface area contributed by atoms with Gasteiger partial charge in [-0.25, -0.2) is 13.2 Å². The second-order valence-corrected chi connectivity index (χ2v) is 12.7. The van der Waals surface area contributed by atoms with Gasteiger partial charge in [-0.05, 0) is 43.4 Å². The third-order valence-electron chi connectivity index (χ3n) is 7.20. The van der Waals surface area contributed by atoms with Gasteiger partial charge in [0.2, 0.25) is 5.76 Å². The summed E-state index contributed by atoms with van der Waals surface area (Å²) < 4.78 is 77.3. The maximum Gasteiger partial charge on any atom is 0.452 e. The predicted octanol–water partition coefficient (Wildman–Crippen LogP) is 4.49. The largest absolute Gasteiger partial charge is 0.480 e. The zero-order valence-corrected chi connectivity index (χ0v) is 22.4. The third-order valence-corrected chi connectivity index (χ3v) is 10.3. The Balaban J connectivity index is 1.42. The summed E-state index contributed by atoms with van der Waals surface area (Å²) in [6, 6.07) is 11.4. The van der Waals surface area contributed by atoms with E-state index >= 15 is 0 Å². The van der Waals surface area contributed by atoms with Gasteiger partial charge in [-0.3, -0.25) is 4.79 Å². The molecule has 1 saturated heterocycles. The number of likely N-dealkylation sites (tertiary alicyclic amines) is 1. The fraction of sp³-hybridized carbons (Fsp3) is 0.400. The van der Waals surface area contributed by atoms with Crippen molar-refractivity contribution < 1.29 is 45.5 Å². The Kier molecular flexibility index (Phi) is 7.17. The van der Waals surface area contributed by atoms with Gasteiger partial charge < -0.3 is 19.3 Å². The number of hydrogen-bond acceptors (Lipinski definition) is 8. The van der Waals surface area contributed by atoms with Gasteiger partial charge in [0.05, 0.1) is 10.3 Å². The number of aromatic nitrogens is 1. The minimum atomic E-state index is -4.77. The maximum absolute atomic E-state index is 13.4. The Hall–Kier alpha value is -3.43. The van der Waals surface area contributed by atoms with Crippen molar-refractivity contribution in [3.63, 3.8) is 0 Å². The Morgan fingerprint density at radius 2 is 1.82 bits per heavy atom. The number of amides is 1. The van der Waals surface area contributed by atoms with Crippen LogP contribution in [0.4, 0.5) is 18.0 Å². The monoisotopic (exact) mass is 599 g/mol. The number of halogens is 3. The molecular formula is C25H24F3N3O7S2. The van der Waals surface area contributed by atoms with Crippen molar-refractivity contribution in [1.29, 1.82) is 0 Å². The molecule has 10 nitrogen and oxygen atoms in total. The first kappa shape index (κ1) is 28.1. The molecule has 40 heavy (non-hydrogen) atoms. The van der Waals surface area contributed by atoms with Gasteiger partial charge in [0.15, 0.2) is 0 Å². The Morgan fingerprint density at radius 1 is 1.12 bits per heavy atom. The van der Waals surface area contributed by atoms with Gasteiger partial charge in [0.1, 0.15) is 22.0 Å². The van der Waals surface area contributed by atoms with E-state index in [1.165, 1.54) is 6.07 Å². The van der Waals surface area contributed by atoms with Crippen LogP contribution in [0.15, 0.2) is 57.3 Å². The predicted molar refractivity (Wildman–Crippen MR) is 135 cm³/mol. The summed E-state index contributed by atoms with van der Waals surface area (Å²) in [6.45, 7) is 0.658. The molecule has 2 N–H and O–H groups in total. The molecule has 0 radical (unpaired) electrons. The summed E-state index contributed by atoms with van der Waals surface area (Å²) in [4.78, 5) is 27.0. The number of piperidine rings is 1. The molecule has 1 saturated carbocycles. The van der Waals surface area contributed by atoms with Crippen LogP contribution in [0.2, 0.25) is 0 Å². The Bertz CT molecular complexity index is 1520. The molecule has 2 unspecified atom stereocenters. The van der Waals surface area contributed by atoms with Crippen molar-refractivity contribution in [3.8, 4) is 10.6 Å². The minimum absolute atomic E-state index is 0.0737. The molecule has 2 aromatic heterocycles. The second-order valence-electron chi connectivity index (χ2n) is 9.74. The summed E-state index contributed by atoms with van der Waals surface area (Å²) in [5, 5.41) is 13.6. The molecule has 2 fully saturated rings. The van der Waals surface area contributed by atoms with Crippen molar-refractivity contribution in [2.45, 2.75) is 47.0 Å². The number of benzene rings is 1. The van der Waals surface area contributed by atoms with Crippen molar-refractivity contribution in [1.82, 2.24) is 14.8 Å². The average molecular weight is 600 g/mol. The molecule has 214 valence electrons. The first-order chi connectivity index (χ1) is 18.9. The molecule has 3 aromatic rings. The molecule has 2 atom stereocenters. The van der Waals surface area contributed by atoms with Crippen molar-refractivity contribution >= 4 is 33.4 Å². The van der Waals surface area contributed by atoms with Gasteiger partial charge in [0, 0.05) is 19.2 Å². The smallest absolute Gasteiger partial charge is 0.452 e. The molecule has 3 heterocycles. The van der Waals surface area contributed by atoms with Gasteiger partial charge >= 0.3 is 18.2 Å². The minimum Gasteiger partial charge on any atom is -0.480 e. The van der Waals surface area contributed by atoms with Crippen molar-refractivity contribution in [3.05, 3.63) is 59.9 Å². The number of nitrogens with one attached hydrogen (secondary N) is 1. The Labute approximate surface area is 230 Å². The molecule has 0 bridgehead atoms. The molecule has 1 aliphatic heterocycles. The maximum atomic E-state index is 13.4. The van der Waals surface area contributed by atoms with Crippen LogP contribution in [0.3, 0.4) is 0 Å². The lowest BCUT2D eigenvalue weighted by Crippen LogP contribution is -2.50. The van der Waals surface area contributed by atoms with Crippen LogP contribution in [-0.2, 0) is 31.1 Å². The number of hydrogen-bond donors (Lipinski definition) is 2. The van der Waals surface area contributed by atoms with E-state index in [4.69, 9.17) is 4.74 Å². The van der Waals surface area contributed by atoms with E-state index in [-0.39, 0.29) is 27.8 Å². The lowest BCUT2D eigenvalue weighted by Gasteiger charge is -2.28. The van der Waals surface area contributed by atoms with E-state index in [9.17, 15) is 36.3 Å². The van der Waals surface area contributed by atoms with Crippen LogP contribution in [0.25, 0.3) is 10.6 Å². The zero-order chi connectivity index (χ0) is 28.8. The molecule has 1 aliphatic carbocycles. The standard InChI is InChI=1S/C25H24F3N3O7S2/c26-25(27,28)19-13-17(29-38-19)18-9-10-20(39-18)40(35,36)30-24(21(32)33)14-23(24,16-7-3-1-4-8-16)15-37-22(34)31-11-5-2-6-12-31/h1,3-4,7-10,13,30H,2,5-6,11-12,14-15H2,(H,32,33). The summed E-state index contributed by atoms with van der Waals surface area (Å²) >= 11 is 0.605. The fourth-order valence-corrected chi connectivity index (χ4v) is 7.67. The van der Waals surface area contributed by atoms with Crippen LogP contribution in [0.5, 0.6) is 0 Å². The number of carboxylic acid groups (broad SMARTS) is 1. The number of carboxylic acids is 1. The fourth-order valence-electron chi connectivity index (χ4n) is 4.99. The highest BCUT2D eigenvalue weighted by Gasteiger charge is 2.75. The molecule has 5 rings (SSSR count). The molecule has 1 amide bonds. The number of carbonyl (C=O) groups excluding carboxylic acids is 1. The normalized spacial score (nSPS) is 23.1. The molecular weight excluding hydrogens is 575 g/mol. The van der Waals surface area contributed by atoms with Crippen molar-refractivity contribution in [2.24, 2.45) is 0 Å². The summed E-state index contributed by atoms with van der Waals surface area (Å²) in [6.07, 6.45) is -2.91. The van der Waals surface area contributed by atoms with Crippen LogP contribution in [0.1, 0.15) is 37.0 Å². The van der Waals surface area contributed by atoms with E-state index in [0.717, 1.165) is 25.3 Å². The average Bonchev–Trinajstić information content (AvgIpc) is 3.30. The first-order valence-corrected chi connectivity index (χ1v) is 14.6.